The molecule has 1 heterocycles. The molecule has 1 amide bonds. The Morgan fingerprint density at radius 2 is 1.31 bits per heavy atom. The molecule has 1 rings (SSSR count). The van der Waals surface area contributed by atoms with Gasteiger partial charge in [0.25, 0.3) is 0 Å². The summed E-state index contributed by atoms with van der Waals surface area (Å²) in [5.41, 5.74) is 4.89. The minimum absolute atomic E-state index is 0.179. The van der Waals surface area contributed by atoms with Gasteiger partial charge in [-0.3, -0.25) is 14.4 Å². The van der Waals surface area contributed by atoms with Crippen molar-refractivity contribution < 1.29 is 23.9 Å². The van der Waals surface area contributed by atoms with Crippen LogP contribution >= 0.6 is 0 Å². The first kappa shape index (κ1) is 32.4. The Balaban J connectivity index is 2.26. The van der Waals surface area contributed by atoms with Crippen molar-refractivity contribution in [2.45, 2.75) is 156 Å². The molecular formula is C30H55NO5. The van der Waals surface area contributed by atoms with Crippen molar-refractivity contribution in [2.24, 2.45) is 23.0 Å². The van der Waals surface area contributed by atoms with Crippen LogP contribution in [0.15, 0.2) is 0 Å². The van der Waals surface area contributed by atoms with Crippen molar-refractivity contribution in [1.82, 2.24) is 0 Å². The largest absolute Gasteiger partial charge is 0.462 e. The molecular weight excluding hydrogens is 454 g/mol. The van der Waals surface area contributed by atoms with E-state index in [0.29, 0.717) is 12.8 Å². The lowest BCUT2D eigenvalue weighted by molar-refractivity contribution is -0.188. The third kappa shape index (κ3) is 13.1. The highest BCUT2D eigenvalue weighted by molar-refractivity contribution is 5.97. The zero-order valence-electron chi connectivity index (χ0n) is 23.9. The number of carbonyl (C=O) groups excluding carboxylic acids is 3. The minimum atomic E-state index is -0.998. The molecule has 0 aliphatic carbocycles. The Morgan fingerprint density at radius 1 is 0.861 bits per heavy atom. The van der Waals surface area contributed by atoms with Gasteiger partial charge in [-0.05, 0) is 25.2 Å². The Morgan fingerprint density at radius 3 is 1.67 bits per heavy atom. The lowest BCUT2D eigenvalue weighted by Crippen LogP contribution is -2.47. The number of nitrogens with two attached hydrogens (primary N) is 1. The maximum atomic E-state index is 12.8. The monoisotopic (exact) mass is 509 g/mol. The summed E-state index contributed by atoms with van der Waals surface area (Å²) in [5.74, 6) is -2.62. The van der Waals surface area contributed by atoms with Crippen molar-refractivity contribution in [3.05, 3.63) is 0 Å². The molecule has 36 heavy (non-hydrogen) atoms. The van der Waals surface area contributed by atoms with Crippen molar-refractivity contribution in [1.29, 1.82) is 0 Å². The summed E-state index contributed by atoms with van der Waals surface area (Å²) in [6, 6.07) is 0. The fourth-order valence-electron chi connectivity index (χ4n) is 5.05. The maximum absolute atomic E-state index is 12.8. The number of hydrogen-bond donors (Lipinski definition) is 1. The van der Waals surface area contributed by atoms with Crippen molar-refractivity contribution in [3.63, 3.8) is 0 Å². The van der Waals surface area contributed by atoms with E-state index in [2.05, 4.69) is 6.92 Å². The summed E-state index contributed by atoms with van der Waals surface area (Å²) in [5, 5.41) is 0. The number of cyclic esters (lactones) is 1. The molecule has 1 saturated heterocycles. The van der Waals surface area contributed by atoms with Gasteiger partial charge in [-0.15, -0.1) is 0 Å². The SMILES string of the molecule is CCCCCCCCCCCCCCCCC[C@@H](C[C@H]1OC(=O)[C@@H]1C)OC(=O)C(C(N)=O)C(C)(C)C. The highest BCUT2D eigenvalue weighted by Gasteiger charge is 2.42. The third-order valence-corrected chi connectivity index (χ3v) is 7.49. The van der Waals surface area contributed by atoms with Crippen LogP contribution in [0.2, 0.25) is 0 Å². The average Bonchev–Trinajstić information content (AvgIpc) is 2.79. The second kappa shape index (κ2) is 17.8. The van der Waals surface area contributed by atoms with Crippen molar-refractivity contribution >= 4 is 17.8 Å². The lowest BCUT2D eigenvalue weighted by Gasteiger charge is -2.35. The highest BCUT2D eigenvalue weighted by atomic mass is 16.6. The van der Waals surface area contributed by atoms with E-state index in [4.69, 9.17) is 15.2 Å². The molecule has 0 aromatic heterocycles. The van der Waals surface area contributed by atoms with Crippen LogP contribution in [0.5, 0.6) is 0 Å². The van der Waals surface area contributed by atoms with E-state index < -0.39 is 23.2 Å². The Bertz CT molecular complexity index is 642. The first-order valence-electron chi connectivity index (χ1n) is 14.8. The number of carbonyl (C=O) groups is 3. The predicted octanol–water partition coefficient (Wildman–Crippen LogP) is 7.26. The normalized spacial score (nSPS) is 19.3. The molecule has 6 heteroatoms. The number of rotatable bonds is 21. The van der Waals surface area contributed by atoms with Gasteiger partial charge in [-0.1, -0.05) is 118 Å². The average molecular weight is 510 g/mol. The third-order valence-electron chi connectivity index (χ3n) is 7.49. The van der Waals surface area contributed by atoms with Crippen LogP contribution in [0.4, 0.5) is 0 Å². The molecule has 210 valence electrons. The smallest absolute Gasteiger partial charge is 0.319 e. The lowest BCUT2D eigenvalue weighted by atomic mass is 9.80. The molecule has 4 atom stereocenters. The molecule has 0 saturated carbocycles. The molecule has 0 bridgehead atoms. The molecule has 0 radical (unpaired) electrons. The topological polar surface area (TPSA) is 95.7 Å². The fraction of sp³-hybridized carbons (Fsp3) is 0.900. The van der Waals surface area contributed by atoms with E-state index in [1.165, 1.54) is 83.5 Å². The van der Waals surface area contributed by atoms with Crippen LogP contribution in [0.1, 0.15) is 144 Å². The maximum Gasteiger partial charge on any atom is 0.319 e. The Labute approximate surface area is 220 Å². The van der Waals surface area contributed by atoms with Gasteiger partial charge in [0.05, 0.1) is 5.92 Å². The molecule has 0 spiro atoms. The van der Waals surface area contributed by atoms with E-state index in [1.54, 1.807) is 0 Å². The standard InChI is InChI=1S/C30H55NO5/c1-6-7-8-9-10-11-12-13-14-15-16-17-18-19-20-21-24(22-25-23(2)28(33)36-25)35-29(34)26(27(31)32)30(3,4)5/h23-26H,6-22H2,1-5H3,(H2,31,32)/t23-,24+,25-,26?/m1/s1. The van der Waals surface area contributed by atoms with Crippen LogP contribution in [-0.4, -0.2) is 30.1 Å². The summed E-state index contributed by atoms with van der Waals surface area (Å²) in [6.45, 7) is 9.53. The van der Waals surface area contributed by atoms with Crippen LogP contribution in [0.3, 0.4) is 0 Å². The number of amides is 1. The zero-order valence-corrected chi connectivity index (χ0v) is 23.9. The van der Waals surface area contributed by atoms with Gasteiger partial charge in [0.15, 0.2) is 0 Å². The second-order valence-electron chi connectivity index (χ2n) is 12.0. The van der Waals surface area contributed by atoms with Gasteiger partial charge in [0, 0.05) is 6.42 Å². The molecule has 0 aromatic rings. The number of ether oxygens (including phenoxy) is 2. The summed E-state index contributed by atoms with van der Waals surface area (Å²) in [4.78, 5) is 36.2. The van der Waals surface area contributed by atoms with Gasteiger partial charge in [-0.2, -0.15) is 0 Å². The molecule has 6 nitrogen and oxygen atoms in total. The van der Waals surface area contributed by atoms with Crippen molar-refractivity contribution in [2.75, 3.05) is 0 Å². The number of hydrogen-bond acceptors (Lipinski definition) is 5. The summed E-state index contributed by atoms with van der Waals surface area (Å²) < 4.78 is 11.0. The molecule has 0 aromatic carbocycles. The van der Waals surface area contributed by atoms with Gasteiger partial charge in [0.1, 0.15) is 18.1 Å². The van der Waals surface area contributed by atoms with E-state index in [1.807, 2.05) is 27.7 Å². The first-order chi connectivity index (χ1) is 17.1. The van der Waals surface area contributed by atoms with Gasteiger partial charge >= 0.3 is 11.9 Å². The van der Waals surface area contributed by atoms with E-state index >= 15 is 0 Å². The van der Waals surface area contributed by atoms with E-state index in [9.17, 15) is 14.4 Å². The minimum Gasteiger partial charge on any atom is -0.462 e. The summed E-state index contributed by atoms with van der Waals surface area (Å²) in [7, 11) is 0. The van der Waals surface area contributed by atoms with Crippen molar-refractivity contribution in [3.8, 4) is 0 Å². The Hall–Kier alpha value is -1.59. The van der Waals surface area contributed by atoms with Crippen LogP contribution in [0, 0.1) is 17.3 Å². The van der Waals surface area contributed by atoms with E-state index in [0.717, 1.165) is 12.8 Å². The summed E-state index contributed by atoms with van der Waals surface area (Å²) >= 11 is 0. The fourth-order valence-corrected chi connectivity index (χ4v) is 5.05. The Kier molecular flexibility index (Phi) is 16.0. The van der Waals surface area contributed by atoms with Gasteiger partial charge in [0.2, 0.25) is 5.91 Å². The molecule has 1 aliphatic rings. The summed E-state index contributed by atoms with van der Waals surface area (Å²) in [6.07, 6.45) is 20.0. The number of unbranched alkanes of at least 4 members (excludes halogenated alkanes) is 14. The highest BCUT2D eigenvalue weighted by Crippen LogP contribution is 2.31. The predicted molar refractivity (Wildman–Crippen MR) is 145 cm³/mol. The molecule has 1 fully saturated rings. The number of esters is 2. The molecule has 1 unspecified atom stereocenters. The van der Waals surface area contributed by atoms with Crippen LogP contribution < -0.4 is 5.73 Å². The van der Waals surface area contributed by atoms with Crippen LogP contribution in [-0.2, 0) is 23.9 Å². The molecule has 1 aliphatic heterocycles. The van der Waals surface area contributed by atoms with Gasteiger partial charge < -0.3 is 15.2 Å². The quantitative estimate of drug-likeness (QED) is 0.0998. The van der Waals surface area contributed by atoms with Crippen LogP contribution in [0.25, 0.3) is 0 Å². The molecule has 2 N–H and O–H groups in total. The van der Waals surface area contributed by atoms with E-state index in [-0.39, 0.29) is 24.1 Å². The second-order valence-corrected chi connectivity index (χ2v) is 12.0. The first-order valence-corrected chi connectivity index (χ1v) is 14.8. The number of primary amides is 1. The zero-order chi connectivity index (χ0) is 27.0. The van der Waals surface area contributed by atoms with Gasteiger partial charge in [-0.25, -0.2) is 0 Å².